The Balaban J connectivity index is 1.38. The van der Waals surface area contributed by atoms with Crippen molar-refractivity contribution in [1.29, 1.82) is 0 Å². The molecule has 3 heterocycles. The molecule has 1 aliphatic carbocycles. The van der Waals surface area contributed by atoms with Crippen LogP contribution in [0, 0.1) is 0 Å². The first-order valence-corrected chi connectivity index (χ1v) is 10.1. The predicted molar refractivity (Wildman–Crippen MR) is 107 cm³/mol. The molecule has 4 N–H and O–H groups in total. The number of fused-ring (bicyclic) bond motifs is 1. The molecular formula is C18H17N8OS. The van der Waals surface area contributed by atoms with Gasteiger partial charge in [0.25, 0.3) is 5.91 Å². The van der Waals surface area contributed by atoms with E-state index in [0.29, 0.717) is 34.0 Å². The molecular weight excluding hydrogens is 376 g/mol. The van der Waals surface area contributed by atoms with Crippen LogP contribution in [0.5, 0.6) is 0 Å². The van der Waals surface area contributed by atoms with Gasteiger partial charge in [-0.1, -0.05) is 11.8 Å². The molecule has 9 nitrogen and oxygen atoms in total. The van der Waals surface area contributed by atoms with Gasteiger partial charge < -0.3 is 10.6 Å². The van der Waals surface area contributed by atoms with E-state index in [4.69, 9.17) is 0 Å². The molecule has 2 aliphatic rings. The van der Waals surface area contributed by atoms with Gasteiger partial charge in [-0.15, -0.1) is 5.43 Å². The van der Waals surface area contributed by atoms with E-state index >= 15 is 0 Å². The number of nitrogens with zero attached hydrogens (tertiary/aromatic N) is 4. The molecule has 1 aromatic carbocycles. The van der Waals surface area contributed by atoms with Crippen LogP contribution in [0.2, 0.25) is 0 Å². The Bertz CT molecular complexity index is 1060. The van der Waals surface area contributed by atoms with E-state index in [1.165, 1.54) is 24.6 Å². The lowest BCUT2D eigenvalue weighted by Crippen LogP contribution is -2.10. The van der Waals surface area contributed by atoms with Crippen LogP contribution in [0.3, 0.4) is 0 Å². The molecule has 1 fully saturated rings. The smallest absolute Gasteiger partial charge is 0.295 e. The summed E-state index contributed by atoms with van der Waals surface area (Å²) in [5.74, 6) is 2.44. The Labute approximate surface area is 165 Å². The SMILES string of the molecule is CSc1nc(Nc2ccc3c(c2)N[N]C3=O)cc(Nc2cc(C3CC3)n[nH]2)n1. The molecule has 0 spiro atoms. The number of anilines is 5. The fourth-order valence-corrected chi connectivity index (χ4v) is 3.37. The number of aromatic nitrogens is 4. The first-order chi connectivity index (χ1) is 13.7. The quantitative estimate of drug-likeness (QED) is 0.371. The van der Waals surface area contributed by atoms with Gasteiger partial charge in [0.1, 0.15) is 17.5 Å². The van der Waals surface area contributed by atoms with Crippen molar-refractivity contribution in [3.05, 3.63) is 41.6 Å². The monoisotopic (exact) mass is 393 g/mol. The Morgan fingerprint density at radius 3 is 2.71 bits per heavy atom. The van der Waals surface area contributed by atoms with E-state index < -0.39 is 0 Å². The molecule has 1 radical (unpaired) electrons. The Hall–Kier alpha value is -3.27. The number of benzene rings is 1. The summed E-state index contributed by atoms with van der Waals surface area (Å²) in [7, 11) is 0. The molecule has 1 amide bonds. The Morgan fingerprint density at radius 2 is 1.93 bits per heavy atom. The maximum Gasteiger partial charge on any atom is 0.295 e. The molecule has 5 rings (SSSR count). The average Bonchev–Trinajstić information content (AvgIpc) is 3.34. The first kappa shape index (κ1) is 16.9. The van der Waals surface area contributed by atoms with Crippen LogP contribution in [0.4, 0.5) is 28.8 Å². The van der Waals surface area contributed by atoms with Crippen LogP contribution in [-0.2, 0) is 0 Å². The topological polar surface area (TPSA) is 122 Å². The van der Waals surface area contributed by atoms with Crippen LogP contribution in [0.15, 0.2) is 35.5 Å². The maximum absolute atomic E-state index is 11.6. The molecule has 141 valence electrons. The number of hydrogen-bond donors (Lipinski definition) is 4. The average molecular weight is 393 g/mol. The Kier molecular flexibility index (Phi) is 4.05. The van der Waals surface area contributed by atoms with Crippen molar-refractivity contribution in [2.75, 3.05) is 22.3 Å². The summed E-state index contributed by atoms with van der Waals surface area (Å²) in [5, 5.41) is 14.5. The number of amides is 1. The van der Waals surface area contributed by atoms with Gasteiger partial charge in [0, 0.05) is 23.7 Å². The minimum atomic E-state index is -0.259. The summed E-state index contributed by atoms with van der Waals surface area (Å²) >= 11 is 1.46. The number of carbonyl (C=O) groups excluding carboxylic acids is 1. The number of aromatic amines is 1. The van der Waals surface area contributed by atoms with Crippen molar-refractivity contribution in [2.45, 2.75) is 23.9 Å². The predicted octanol–water partition coefficient (Wildman–Crippen LogP) is 3.37. The summed E-state index contributed by atoms with van der Waals surface area (Å²) in [4.78, 5) is 20.6. The molecule has 0 unspecified atom stereocenters. The molecule has 0 bridgehead atoms. The normalized spacial score (nSPS) is 15.0. The largest absolute Gasteiger partial charge is 0.340 e. The van der Waals surface area contributed by atoms with Crippen LogP contribution >= 0.6 is 11.8 Å². The van der Waals surface area contributed by atoms with E-state index in [-0.39, 0.29) is 5.91 Å². The second-order valence-corrected chi connectivity index (χ2v) is 7.42. The van der Waals surface area contributed by atoms with E-state index in [0.717, 1.165) is 17.2 Å². The summed E-state index contributed by atoms with van der Waals surface area (Å²) in [6, 6.07) is 9.24. The van der Waals surface area contributed by atoms with Gasteiger partial charge in [0.05, 0.1) is 16.9 Å². The van der Waals surface area contributed by atoms with Crippen molar-refractivity contribution in [3.63, 3.8) is 0 Å². The second kappa shape index (κ2) is 6.71. The van der Waals surface area contributed by atoms with Gasteiger partial charge >= 0.3 is 0 Å². The third-order valence-corrected chi connectivity index (χ3v) is 5.09. The maximum atomic E-state index is 11.6. The highest BCUT2D eigenvalue weighted by molar-refractivity contribution is 7.98. The van der Waals surface area contributed by atoms with Crippen LogP contribution < -0.4 is 21.5 Å². The third-order valence-electron chi connectivity index (χ3n) is 4.54. The molecule has 10 heteroatoms. The lowest BCUT2D eigenvalue weighted by atomic mass is 10.1. The second-order valence-electron chi connectivity index (χ2n) is 6.65. The van der Waals surface area contributed by atoms with E-state index in [1.54, 1.807) is 6.07 Å². The lowest BCUT2D eigenvalue weighted by molar-refractivity contribution is 0.0969. The fourth-order valence-electron chi connectivity index (χ4n) is 2.99. The Morgan fingerprint density at radius 1 is 1.11 bits per heavy atom. The fraction of sp³-hybridized carbons (Fsp3) is 0.222. The minimum absolute atomic E-state index is 0.259. The van der Waals surface area contributed by atoms with Crippen LogP contribution in [-0.4, -0.2) is 32.3 Å². The van der Waals surface area contributed by atoms with Gasteiger partial charge in [0.15, 0.2) is 5.16 Å². The zero-order chi connectivity index (χ0) is 19.1. The lowest BCUT2D eigenvalue weighted by Gasteiger charge is -2.10. The number of H-pyrrole nitrogens is 1. The summed E-state index contributed by atoms with van der Waals surface area (Å²) in [6.45, 7) is 0. The highest BCUT2D eigenvalue weighted by Gasteiger charge is 2.26. The summed E-state index contributed by atoms with van der Waals surface area (Å²) in [5.41, 5.74) is 9.55. The highest BCUT2D eigenvalue weighted by Crippen LogP contribution is 2.39. The van der Waals surface area contributed by atoms with Gasteiger partial charge in [-0.2, -0.15) is 5.10 Å². The number of hydrogen-bond acceptors (Lipinski definition) is 8. The molecule has 28 heavy (non-hydrogen) atoms. The number of nitrogens with one attached hydrogen (secondary N) is 4. The zero-order valence-corrected chi connectivity index (χ0v) is 15.8. The van der Waals surface area contributed by atoms with Gasteiger partial charge in [-0.05, 0) is 37.3 Å². The number of carbonyl (C=O) groups is 1. The van der Waals surface area contributed by atoms with Crippen LogP contribution in [0.1, 0.15) is 34.8 Å². The number of thioether (sulfide) groups is 1. The van der Waals surface area contributed by atoms with Crippen molar-refractivity contribution in [2.24, 2.45) is 0 Å². The molecule has 3 aromatic rings. The van der Waals surface area contributed by atoms with Gasteiger partial charge in [-0.3, -0.25) is 15.3 Å². The number of rotatable bonds is 6. The molecule has 0 saturated heterocycles. The van der Waals surface area contributed by atoms with Crippen LogP contribution in [0.25, 0.3) is 0 Å². The van der Waals surface area contributed by atoms with Crippen molar-refractivity contribution in [1.82, 2.24) is 25.6 Å². The third kappa shape index (κ3) is 3.33. The summed E-state index contributed by atoms with van der Waals surface area (Å²) in [6.07, 6.45) is 4.34. The molecule has 1 aliphatic heterocycles. The molecule has 0 atom stereocenters. The summed E-state index contributed by atoms with van der Waals surface area (Å²) < 4.78 is 0. The van der Waals surface area contributed by atoms with E-state index in [9.17, 15) is 4.79 Å². The standard InChI is InChI=1S/C18H17N8OS/c1-28-18-21-14(19-10-4-5-11-13(6-10)24-26-17(11)27)8-15(22-18)20-16-7-12(23-25-16)9-2-3-9/h4-9,24H,2-3H2,1H3,(H3,19,20,21,22,23,25). The van der Waals surface area contributed by atoms with Gasteiger partial charge in [-0.25, -0.2) is 9.97 Å². The van der Waals surface area contributed by atoms with Crippen molar-refractivity contribution in [3.8, 4) is 0 Å². The highest BCUT2D eigenvalue weighted by atomic mass is 32.2. The van der Waals surface area contributed by atoms with E-state index in [1.807, 2.05) is 30.5 Å². The minimum Gasteiger partial charge on any atom is -0.340 e. The first-order valence-electron chi connectivity index (χ1n) is 8.85. The van der Waals surface area contributed by atoms with E-state index in [2.05, 4.69) is 41.7 Å². The van der Waals surface area contributed by atoms with Gasteiger partial charge in [0.2, 0.25) is 0 Å². The zero-order valence-electron chi connectivity index (χ0n) is 15.0. The molecule has 1 saturated carbocycles. The van der Waals surface area contributed by atoms with Crippen molar-refractivity contribution < 1.29 is 4.79 Å². The molecule has 2 aromatic heterocycles. The van der Waals surface area contributed by atoms with Crippen molar-refractivity contribution >= 4 is 46.5 Å².